The zero-order chi connectivity index (χ0) is 17.4. The molecule has 2 aromatic rings. The number of aliphatic hydroxyl groups is 1. The van der Waals surface area contributed by atoms with Crippen LogP contribution < -0.4 is 5.32 Å². The van der Waals surface area contributed by atoms with Gasteiger partial charge in [-0.05, 0) is 50.2 Å². The Morgan fingerprint density at radius 1 is 1.32 bits per heavy atom. The van der Waals surface area contributed by atoms with Crippen LogP contribution in [0, 0.1) is 6.92 Å². The minimum atomic E-state index is -0.375. The molecule has 5 heteroatoms. The molecule has 1 aromatic carbocycles. The van der Waals surface area contributed by atoms with Gasteiger partial charge in [-0.25, -0.2) is 4.79 Å². The van der Waals surface area contributed by atoms with Crippen molar-refractivity contribution in [2.45, 2.75) is 51.7 Å². The molecule has 0 saturated carbocycles. The molecule has 1 fully saturated rings. The molecule has 134 valence electrons. The first kappa shape index (κ1) is 16.5. The Hall–Kier alpha value is -2.01. The number of urea groups is 1. The van der Waals surface area contributed by atoms with Gasteiger partial charge in [-0.3, -0.25) is 0 Å². The molecule has 4 rings (SSSR count). The highest BCUT2D eigenvalue weighted by atomic mass is 16.3. The summed E-state index contributed by atoms with van der Waals surface area (Å²) in [6.45, 7) is 5.12. The number of para-hydroxylation sites is 1. The van der Waals surface area contributed by atoms with Gasteiger partial charge in [0.15, 0.2) is 0 Å². The monoisotopic (exact) mass is 341 g/mol. The lowest BCUT2D eigenvalue weighted by Crippen LogP contribution is -2.47. The Bertz CT molecular complexity index is 796. The van der Waals surface area contributed by atoms with E-state index in [4.69, 9.17) is 0 Å². The molecule has 1 atom stereocenters. The molecule has 0 spiro atoms. The summed E-state index contributed by atoms with van der Waals surface area (Å²) in [5, 5.41) is 14.1. The number of aryl methyl sites for hydroxylation is 2. The number of aromatic nitrogens is 1. The number of nitrogens with zero attached hydrogens (tertiary/aromatic N) is 2. The van der Waals surface area contributed by atoms with Crippen molar-refractivity contribution in [2.75, 3.05) is 19.6 Å². The van der Waals surface area contributed by atoms with Gasteiger partial charge in [0.1, 0.15) is 0 Å². The number of likely N-dealkylation sites (tertiary alicyclic amines) is 1. The van der Waals surface area contributed by atoms with Gasteiger partial charge >= 0.3 is 6.03 Å². The number of hydrogen-bond donors (Lipinski definition) is 2. The number of β-amino-alcohol motifs (C(OH)–C–C–N with tert-alkyl or cyclic N) is 1. The topological polar surface area (TPSA) is 57.5 Å². The molecule has 25 heavy (non-hydrogen) atoms. The van der Waals surface area contributed by atoms with E-state index in [1.165, 1.54) is 34.1 Å². The third kappa shape index (κ3) is 3.01. The minimum absolute atomic E-state index is 0.0508. The highest BCUT2D eigenvalue weighted by Crippen LogP contribution is 2.32. The maximum absolute atomic E-state index is 12.3. The Kier molecular flexibility index (Phi) is 4.42. The molecule has 0 bridgehead atoms. The summed E-state index contributed by atoms with van der Waals surface area (Å²) in [5.41, 5.74) is 5.54. The average Bonchev–Trinajstić information content (AvgIpc) is 2.90. The molecule has 2 N–H and O–H groups in total. The Morgan fingerprint density at radius 3 is 3.04 bits per heavy atom. The van der Waals surface area contributed by atoms with Crippen molar-refractivity contribution in [1.29, 1.82) is 0 Å². The van der Waals surface area contributed by atoms with Crippen LogP contribution in [0.15, 0.2) is 18.2 Å². The van der Waals surface area contributed by atoms with Gasteiger partial charge in [0, 0.05) is 37.3 Å². The van der Waals surface area contributed by atoms with Crippen LogP contribution in [-0.2, 0) is 19.4 Å². The van der Waals surface area contributed by atoms with E-state index in [1.54, 1.807) is 4.90 Å². The number of amides is 2. The normalized spacial score (nSPS) is 20.1. The molecule has 0 unspecified atom stereocenters. The van der Waals surface area contributed by atoms with Crippen LogP contribution in [0.3, 0.4) is 0 Å². The molecular formula is C20H27N3O2. The lowest BCUT2D eigenvalue weighted by Gasteiger charge is -2.30. The molecular weight excluding hydrogens is 314 g/mol. The van der Waals surface area contributed by atoms with Crippen LogP contribution in [0.1, 0.15) is 36.1 Å². The zero-order valence-electron chi connectivity index (χ0n) is 14.9. The molecule has 1 saturated heterocycles. The molecule has 0 aliphatic carbocycles. The predicted octanol–water partition coefficient (Wildman–Crippen LogP) is 2.60. The molecule has 2 amide bonds. The van der Waals surface area contributed by atoms with Crippen molar-refractivity contribution in [2.24, 2.45) is 0 Å². The number of rotatable bonds is 3. The number of piperidine rings is 1. The van der Waals surface area contributed by atoms with Gasteiger partial charge in [0.2, 0.25) is 0 Å². The maximum Gasteiger partial charge on any atom is 0.317 e. The van der Waals surface area contributed by atoms with E-state index in [9.17, 15) is 9.90 Å². The van der Waals surface area contributed by atoms with Crippen LogP contribution in [0.5, 0.6) is 0 Å². The van der Waals surface area contributed by atoms with Crippen molar-refractivity contribution in [3.8, 4) is 0 Å². The first-order valence-electron chi connectivity index (χ1n) is 9.45. The minimum Gasteiger partial charge on any atom is -0.391 e. The second-order valence-electron chi connectivity index (χ2n) is 7.36. The number of nitrogens with one attached hydrogen (secondary N) is 1. The fraction of sp³-hybridized carbons (Fsp3) is 0.550. The third-order valence-electron chi connectivity index (χ3n) is 5.72. The molecule has 2 aliphatic heterocycles. The largest absolute Gasteiger partial charge is 0.391 e. The number of carbonyl (C=O) groups is 1. The Labute approximate surface area is 148 Å². The SMILES string of the molecule is Cc1c(CCNC(=O)N2CCC[C@H](O)C2)c2cccc3c2n1CCC3. The van der Waals surface area contributed by atoms with E-state index in [0.29, 0.717) is 13.1 Å². The Balaban J connectivity index is 1.46. The van der Waals surface area contributed by atoms with E-state index in [1.807, 2.05) is 0 Å². The summed E-state index contributed by atoms with van der Waals surface area (Å²) in [6, 6.07) is 6.56. The highest BCUT2D eigenvalue weighted by molar-refractivity contribution is 5.88. The van der Waals surface area contributed by atoms with Gasteiger partial charge in [-0.1, -0.05) is 18.2 Å². The second-order valence-corrected chi connectivity index (χ2v) is 7.36. The van der Waals surface area contributed by atoms with Gasteiger partial charge in [0.25, 0.3) is 0 Å². The summed E-state index contributed by atoms with van der Waals surface area (Å²) in [4.78, 5) is 14.0. The fourth-order valence-electron chi connectivity index (χ4n) is 4.45. The molecule has 2 aliphatic rings. The molecule has 0 radical (unpaired) electrons. The summed E-state index contributed by atoms with van der Waals surface area (Å²) in [5.74, 6) is 0. The first-order chi connectivity index (χ1) is 12.1. The highest BCUT2D eigenvalue weighted by Gasteiger charge is 2.22. The number of benzene rings is 1. The van der Waals surface area contributed by atoms with Crippen molar-refractivity contribution in [1.82, 2.24) is 14.8 Å². The van der Waals surface area contributed by atoms with E-state index in [0.717, 1.165) is 38.8 Å². The van der Waals surface area contributed by atoms with Crippen LogP contribution in [-0.4, -0.2) is 46.3 Å². The van der Waals surface area contributed by atoms with Crippen LogP contribution in [0.25, 0.3) is 10.9 Å². The van der Waals surface area contributed by atoms with Gasteiger partial charge in [-0.15, -0.1) is 0 Å². The summed E-state index contributed by atoms with van der Waals surface area (Å²) < 4.78 is 2.45. The lowest BCUT2D eigenvalue weighted by atomic mass is 10.0. The van der Waals surface area contributed by atoms with E-state index in [2.05, 4.69) is 35.0 Å². The number of carbonyl (C=O) groups excluding carboxylic acids is 1. The quantitative estimate of drug-likeness (QED) is 0.902. The zero-order valence-corrected chi connectivity index (χ0v) is 14.9. The third-order valence-corrected chi connectivity index (χ3v) is 5.72. The fourth-order valence-corrected chi connectivity index (χ4v) is 4.45. The summed E-state index contributed by atoms with van der Waals surface area (Å²) in [7, 11) is 0. The first-order valence-corrected chi connectivity index (χ1v) is 9.45. The number of aliphatic hydroxyl groups excluding tert-OH is 1. The smallest absolute Gasteiger partial charge is 0.317 e. The van der Waals surface area contributed by atoms with E-state index in [-0.39, 0.29) is 12.1 Å². The van der Waals surface area contributed by atoms with Gasteiger partial charge in [-0.2, -0.15) is 0 Å². The molecule has 3 heterocycles. The molecule has 1 aromatic heterocycles. The van der Waals surface area contributed by atoms with Gasteiger partial charge < -0.3 is 19.9 Å². The standard InChI is InChI=1S/C20H27N3O2/c1-14-17(9-10-21-20(25)22-11-4-7-16(24)13-22)18-8-2-5-15-6-3-12-23(14)19(15)18/h2,5,8,16,24H,3-4,6-7,9-13H2,1H3,(H,21,25)/t16-/m0/s1. The van der Waals surface area contributed by atoms with E-state index < -0.39 is 0 Å². The average molecular weight is 341 g/mol. The Morgan fingerprint density at radius 2 is 2.20 bits per heavy atom. The summed E-state index contributed by atoms with van der Waals surface area (Å²) in [6.07, 6.45) is 4.51. The van der Waals surface area contributed by atoms with Crippen molar-refractivity contribution in [3.63, 3.8) is 0 Å². The summed E-state index contributed by atoms with van der Waals surface area (Å²) >= 11 is 0. The van der Waals surface area contributed by atoms with Crippen molar-refractivity contribution < 1.29 is 9.90 Å². The van der Waals surface area contributed by atoms with Gasteiger partial charge in [0.05, 0.1) is 11.6 Å². The van der Waals surface area contributed by atoms with Crippen LogP contribution >= 0.6 is 0 Å². The van der Waals surface area contributed by atoms with Crippen LogP contribution in [0.4, 0.5) is 4.79 Å². The predicted molar refractivity (Wildman–Crippen MR) is 98.9 cm³/mol. The van der Waals surface area contributed by atoms with E-state index >= 15 is 0 Å². The maximum atomic E-state index is 12.3. The molecule has 5 nitrogen and oxygen atoms in total. The van der Waals surface area contributed by atoms with Crippen LogP contribution in [0.2, 0.25) is 0 Å². The second kappa shape index (κ2) is 6.71. The number of hydrogen-bond acceptors (Lipinski definition) is 2. The lowest BCUT2D eigenvalue weighted by molar-refractivity contribution is 0.0843. The van der Waals surface area contributed by atoms with Crippen molar-refractivity contribution >= 4 is 16.9 Å². The van der Waals surface area contributed by atoms with Crippen molar-refractivity contribution in [3.05, 3.63) is 35.0 Å².